The first kappa shape index (κ1) is 15.1. The summed E-state index contributed by atoms with van der Waals surface area (Å²) in [6, 6.07) is 7.43. The van der Waals surface area contributed by atoms with Crippen LogP contribution in [-0.4, -0.2) is 16.6 Å². The first-order chi connectivity index (χ1) is 10.1. The van der Waals surface area contributed by atoms with E-state index < -0.39 is 0 Å². The molecule has 2 aromatic rings. The van der Waals surface area contributed by atoms with Crippen molar-refractivity contribution < 1.29 is 9.47 Å². The Kier molecular flexibility index (Phi) is 4.98. The number of hydrogen-bond acceptors (Lipinski definition) is 5. The topological polar surface area (TPSA) is 70.3 Å². The fourth-order valence-electron chi connectivity index (χ4n) is 1.88. The Bertz CT molecular complexity index is 597. The molecule has 0 spiro atoms. The van der Waals surface area contributed by atoms with Gasteiger partial charge in [-0.25, -0.2) is 4.98 Å². The number of ether oxygens (including phenoxy) is 2. The maximum Gasteiger partial charge on any atom is 0.227 e. The van der Waals surface area contributed by atoms with Gasteiger partial charge in [-0.1, -0.05) is 6.92 Å². The quantitative estimate of drug-likeness (QED) is 0.880. The van der Waals surface area contributed by atoms with Crippen LogP contribution in [0, 0.1) is 6.92 Å². The van der Waals surface area contributed by atoms with Gasteiger partial charge < -0.3 is 15.2 Å². The highest BCUT2D eigenvalue weighted by Crippen LogP contribution is 2.27. The molecule has 0 saturated heterocycles. The third kappa shape index (κ3) is 3.84. The Morgan fingerprint density at radius 1 is 1.05 bits per heavy atom. The van der Waals surface area contributed by atoms with Gasteiger partial charge in [0.25, 0.3) is 0 Å². The van der Waals surface area contributed by atoms with Crippen molar-refractivity contribution in [3.8, 4) is 17.4 Å². The summed E-state index contributed by atoms with van der Waals surface area (Å²) in [6.45, 7) is 6.52. The van der Waals surface area contributed by atoms with Gasteiger partial charge in [-0.05, 0) is 44.5 Å². The molecule has 0 saturated carbocycles. The number of hydrogen-bond donors (Lipinski definition) is 1. The molecule has 0 unspecified atom stereocenters. The lowest BCUT2D eigenvalue weighted by Crippen LogP contribution is -2.05. The molecule has 0 bridgehead atoms. The van der Waals surface area contributed by atoms with E-state index in [1.165, 1.54) is 0 Å². The van der Waals surface area contributed by atoms with Crippen molar-refractivity contribution in [3.63, 3.8) is 0 Å². The van der Waals surface area contributed by atoms with Gasteiger partial charge >= 0.3 is 0 Å². The smallest absolute Gasteiger partial charge is 0.227 e. The Morgan fingerprint density at radius 2 is 1.71 bits per heavy atom. The van der Waals surface area contributed by atoms with Gasteiger partial charge in [0, 0.05) is 6.42 Å². The van der Waals surface area contributed by atoms with Crippen LogP contribution in [0.1, 0.15) is 31.7 Å². The van der Waals surface area contributed by atoms with Crippen molar-refractivity contribution in [2.75, 3.05) is 12.3 Å². The lowest BCUT2D eigenvalue weighted by Gasteiger charge is -2.11. The summed E-state index contributed by atoms with van der Waals surface area (Å²) in [6.07, 6.45) is 1.75. The van der Waals surface area contributed by atoms with E-state index in [1.54, 1.807) is 0 Å². The molecule has 5 nitrogen and oxygen atoms in total. The zero-order valence-electron chi connectivity index (χ0n) is 12.7. The molecular weight excluding hydrogens is 266 g/mol. The van der Waals surface area contributed by atoms with Gasteiger partial charge in [0.05, 0.1) is 12.2 Å². The summed E-state index contributed by atoms with van der Waals surface area (Å²) in [5.41, 5.74) is 6.67. The summed E-state index contributed by atoms with van der Waals surface area (Å²) in [4.78, 5) is 8.70. The fraction of sp³-hybridized carbons (Fsp3) is 0.375. The van der Waals surface area contributed by atoms with Crippen molar-refractivity contribution in [1.29, 1.82) is 0 Å². The molecule has 0 aliphatic rings. The molecule has 0 aliphatic heterocycles. The largest absolute Gasteiger partial charge is 0.494 e. The Balaban J connectivity index is 2.21. The Morgan fingerprint density at radius 3 is 2.33 bits per heavy atom. The van der Waals surface area contributed by atoms with E-state index in [9.17, 15) is 0 Å². The highest BCUT2D eigenvalue weighted by atomic mass is 16.5. The van der Waals surface area contributed by atoms with Crippen LogP contribution in [0.25, 0.3) is 0 Å². The number of nitrogens with zero attached hydrogens (tertiary/aromatic N) is 2. The second-order valence-electron chi connectivity index (χ2n) is 4.71. The van der Waals surface area contributed by atoms with Gasteiger partial charge in [-0.2, -0.15) is 4.98 Å². The van der Waals surface area contributed by atoms with Crippen LogP contribution in [0.3, 0.4) is 0 Å². The van der Waals surface area contributed by atoms with Crippen molar-refractivity contribution in [3.05, 3.63) is 35.7 Å². The summed E-state index contributed by atoms with van der Waals surface area (Å²) >= 11 is 0. The van der Waals surface area contributed by atoms with E-state index in [-0.39, 0.29) is 0 Å². The first-order valence-electron chi connectivity index (χ1n) is 7.17. The zero-order valence-corrected chi connectivity index (χ0v) is 12.7. The van der Waals surface area contributed by atoms with E-state index >= 15 is 0 Å². The van der Waals surface area contributed by atoms with Crippen LogP contribution in [0.15, 0.2) is 24.3 Å². The minimum atomic E-state index is 0.467. The highest BCUT2D eigenvalue weighted by molar-refractivity contribution is 5.46. The summed E-state index contributed by atoms with van der Waals surface area (Å²) in [5, 5.41) is 0. The first-order valence-corrected chi connectivity index (χ1v) is 7.17. The number of aromatic nitrogens is 2. The predicted molar refractivity (Wildman–Crippen MR) is 82.9 cm³/mol. The molecule has 0 radical (unpaired) electrons. The fourth-order valence-corrected chi connectivity index (χ4v) is 1.88. The van der Waals surface area contributed by atoms with Crippen molar-refractivity contribution >= 4 is 5.82 Å². The van der Waals surface area contributed by atoms with Crippen LogP contribution >= 0.6 is 0 Å². The van der Waals surface area contributed by atoms with Crippen LogP contribution in [0.2, 0.25) is 0 Å². The van der Waals surface area contributed by atoms with E-state index in [1.807, 2.05) is 38.1 Å². The molecule has 1 aromatic heterocycles. The lowest BCUT2D eigenvalue weighted by atomic mass is 10.3. The maximum absolute atomic E-state index is 5.92. The van der Waals surface area contributed by atoms with Crippen molar-refractivity contribution in [1.82, 2.24) is 9.97 Å². The molecule has 0 amide bonds. The van der Waals surface area contributed by atoms with Crippen molar-refractivity contribution in [2.45, 2.75) is 33.6 Å². The number of nitrogen functional groups attached to an aromatic ring is 1. The Hall–Kier alpha value is -2.30. The van der Waals surface area contributed by atoms with Crippen molar-refractivity contribution in [2.24, 2.45) is 0 Å². The number of rotatable bonds is 6. The van der Waals surface area contributed by atoms with Gasteiger partial charge in [0.1, 0.15) is 23.1 Å². The SMILES string of the molecule is CCCc1nc(N)c(C)c(Oc2ccc(OCC)cc2)n1. The summed E-state index contributed by atoms with van der Waals surface area (Å²) in [5.74, 6) is 3.20. The molecule has 2 N–H and O–H groups in total. The third-order valence-corrected chi connectivity index (χ3v) is 3.01. The number of anilines is 1. The monoisotopic (exact) mass is 287 g/mol. The van der Waals surface area contributed by atoms with E-state index in [2.05, 4.69) is 16.9 Å². The molecular formula is C16H21N3O2. The molecule has 2 rings (SSSR count). The molecule has 0 atom stereocenters. The lowest BCUT2D eigenvalue weighted by molar-refractivity contribution is 0.339. The summed E-state index contributed by atoms with van der Waals surface area (Å²) in [7, 11) is 0. The third-order valence-electron chi connectivity index (χ3n) is 3.01. The number of benzene rings is 1. The summed E-state index contributed by atoms with van der Waals surface area (Å²) < 4.78 is 11.2. The second kappa shape index (κ2) is 6.92. The molecule has 112 valence electrons. The van der Waals surface area contributed by atoms with Crippen LogP contribution in [0.5, 0.6) is 17.4 Å². The zero-order chi connectivity index (χ0) is 15.2. The standard InChI is InChI=1S/C16H21N3O2/c1-4-6-14-18-15(17)11(3)16(19-14)21-13-9-7-12(8-10-13)20-5-2/h7-10H,4-6H2,1-3H3,(H2,17,18,19). The average Bonchev–Trinajstić information content (AvgIpc) is 2.47. The van der Waals surface area contributed by atoms with Crippen LogP contribution in [0.4, 0.5) is 5.82 Å². The van der Waals surface area contributed by atoms with Crippen LogP contribution < -0.4 is 15.2 Å². The minimum Gasteiger partial charge on any atom is -0.494 e. The molecule has 0 aliphatic carbocycles. The maximum atomic E-state index is 5.92. The molecule has 5 heteroatoms. The average molecular weight is 287 g/mol. The second-order valence-corrected chi connectivity index (χ2v) is 4.71. The van der Waals surface area contributed by atoms with E-state index in [0.29, 0.717) is 29.9 Å². The predicted octanol–water partition coefficient (Wildman–Crippen LogP) is 3.51. The normalized spacial score (nSPS) is 10.4. The van der Waals surface area contributed by atoms with Gasteiger partial charge in [0.2, 0.25) is 5.88 Å². The Labute approximate surface area is 125 Å². The van der Waals surface area contributed by atoms with Gasteiger partial charge in [-0.15, -0.1) is 0 Å². The molecule has 1 aromatic carbocycles. The molecule has 21 heavy (non-hydrogen) atoms. The molecule has 0 fully saturated rings. The number of nitrogens with two attached hydrogens (primary N) is 1. The van der Waals surface area contributed by atoms with Gasteiger partial charge in [0.15, 0.2) is 0 Å². The number of aryl methyl sites for hydroxylation is 1. The molecule has 1 heterocycles. The minimum absolute atomic E-state index is 0.467. The highest BCUT2D eigenvalue weighted by Gasteiger charge is 2.10. The van der Waals surface area contributed by atoms with Gasteiger partial charge in [-0.3, -0.25) is 0 Å². The van der Waals surface area contributed by atoms with Crippen LogP contribution in [-0.2, 0) is 6.42 Å². The van der Waals surface area contributed by atoms with E-state index in [4.69, 9.17) is 15.2 Å². The van der Waals surface area contributed by atoms with E-state index in [0.717, 1.165) is 24.2 Å².